The molecule has 0 amide bonds. The van der Waals surface area contributed by atoms with Gasteiger partial charge in [-0.1, -0.05) is 36.3 Å². The molecule has 2 nitrogen and oxygen atoms in total. The van der Waals surface area contributed by atoms with Crippen LogP contribution in [0.25, 0.3) is 0 Å². The van der Waals surface area contributed by atoms with Gasteiger partial charge in [-0.25, -0.2) is 0 Å². The lowest BCUT2D eigenvalue weighted by atomic mass is 10.0. The molecular formula is C11H12O2. The second kappa shape index (κ2) is 4.66. The van der Waals surface area contributed by atoms with Crippen LogP contribution in [0.2, 0.25) is 0 Å². The van der Waals surface area contributed by atoms with Gasteiger partial charge >= 0.3 is 0 Å². The lowest BCUT2D eigenvalue weighted by Gasteiger charge is -2.11. The predicted molar refractivity (Wildman–Crippen MR) is 50.9 cm³/mol. The van der Waals surface area contributed by atoms with Crippen LogP contribution in [-0.2, 0) is 0 Å². The van der Waals surface area contributed by atoms with Crippen molar-refractivity contribution in [2.45, 2.75) is 18.6 Å². The molecule has 1 rings (SSSR count). The molecule has 13 heavy (non-hydrogen) atoms. The molecule has 0 aliphatic rings. The molecule has 2 atom stereocenters. The highest BCUT2D eigenvalue weighted by Gasteiger charge is 2.10. The Morgan fingerprint density at radius 1 is 1.23 bits per heavy atom. The fourth-order valence-electron chi connectivity index (χ4n) is 1.09. The number of hydrogen-bond donors (Lipinski definition) is 2. The van der Waals surface area contributed by atoms with Gasteiger partial charge in [0.25, 0.3) is 0 Å². The summed E-state index contributed by atoms with van der Waals surface area (Å²) in [5, 5.41) is 18.7. The molecule has 0 aliphatic carbocycles. The summed E-state index contributed by atoms with van der Waals surface area (Å²) < 4.78 is 0. The summed E-state index contributed by atoms with van der Waals surface area (Å²) in [7, 11) is 0. The first-order chi connectivity index (χ1) is 6.24. The number of rotatable bonds is 3. The van der Waals surface area contributed by atoms with Gasteiger partial charge in [-0.3, -0.25) is 0 Å². The summed E-state index contributed by atoms with van der Waals surface area (Å²) in [6.45, 7) is 0. The molecule has 2 N–H and O–H groups in total. The molecular weight excluding hydrogens is 164 g/mol. The largest absolute Gasteiger partial charge is 0.388 e. The third-order valence-corrected chi connectivity index (χ3v) is 1.82. The Morgan fingerprint density at radius 3 is 2.38 bits per heavy atom. The second-order valence-electron chi connectivity index (χ2n) is 2.84. The van der Waals surface area contributed by atoms with Crippen LogP contribution in [0.4, 0.5) is 0 Å². The number of hydrogen-bond acceptors (Lipinski definition) is 2. The van der Waals surface area contributed by atoms with Crippen LogP contribution < -0.4 is 0 Å². The third-order valence-electron chi connectivity index (χ3n) is 1.82. The maximum absolute atomic E-state index is 9.57. The van der Waals surface area contributed by atoms with Crippen LogP contribution in [0.1, 0.15) is 18.1 Å². The molecule has 0 radical (unpaired) electrons. The van der Waals surface area contributed by atoms with Gasteiger partial charge in [-0.15, -0.1) is 6.42 Å². The summed E-state index contributed by atoms with van der Waals surface area (Å²) >= 11 is 0. The Hall–Kier alpha value is -1.30. The fourth-order valence-corrected chi connectivity index (χ4v) is 1.09. The average Bonchev–Trinajstić information content (AvgIpc) is 2.19. The van der Waals surface area contributed by atoms with Gasteiger partial charge in [0.05, 0.1) is 6.10 Å². The van der Waals surface area contributed by atoms with Crippen LogP contribution in [-0.4, -0.2) is 16.3 Å². The monoisotopic (exact) mass is 176 g/mol. The van der Waals surface area contributed by atoms with Gasteiger partial charge in [0.2, 0.25) is 0 Å². The molecule has 68 valence electrons. The van der Waals surface area contributed by atoms with E-state index < -0.39 is 12.2 Å². The smallest absolute Gasteiger partial charge is 0.117 e. The third kappa shape index (κ3) is 2.90. The Balaban J connectivity index is 2.60. The van der Waals surface area contributed by atoms with E-state index in [0.717, 1.165) is 5.56 Å². The quantitative estimate of drug-likeness (QED) is 0.677. The van der Waals surface area contributed by atoms with Crippen LogP contribution >= 0.6 is 0 Å². The van der Waals surface area contributed by atoms with Crippen molar-refractivity contribution in [3.05, 3.63) is 35.9 Å². The molecule has 0 spiro atoms. The Kier molecular flexibility index (Phi) is 3.51. The standard InChI is InChI=1S/C11H12O2/c1-2-10(12)8-11(13)9-6-4-3-5-7-9/h1,3-7,10-13H,8H2/t10-,11-/m1/s1. The zero-order chi connectivity index (χ0) is 9.68. The minimum absolute atomic E-state index is 0.181. The van der Waals surface area contributed by atoms with E-state index in [-0.39, 0.29) is 6.42 Å². The van der Waals surface area contributed by atoms with Gasteiger partial charge in [0, 0.05) is 6.42 Å². The average molecular weight is 176 g/mol. The normalized spacial score (nSPS) is 14.5. The highest BCUT2D eigenvalue weighted by Crippen LogP contribution is 2.17. The summed E-state index contributed by atoms with van der Waals surface area (Å²) in [4.78, 5) is 0. The zero-order valence-corrected chi connectivity index (χ0v) is 7.22. The van der Waals surface area contributed by atoms with E-state index in [1.54, 1.807) is 12.1 Å². The minimum Gasteiger partial charge on any atom is -0.388 e. The Bertz CT molecular complexity index is 287. The second-order valence-corrected chi connectivity index (χ2v) is 2.84. The SMILES string of the molecule is C#C[C@@H](O)C[C@@H](O)c1ccccc1. The minimum atomic E-state index is -0.879. The molecule has 0 saturated carbocycles. The number of benzene rings is 1. The molecule has 0 heterocycles. The van der Waals surface area contributed by atoms with Crippen LogP contribution in [0, 0.1) is 12.3 Å². The van der Waals surface area contributed by atoms with Crippen LogP contribution in [0.3, 0.4) is 0 Å². The maximum Gasteiger partial charge on any atom is 0.117 e. The van der Waals surface area contributed by atoms with E-state index in [9.17, 15) is 5.11 Å². The summed E-state index contributed by atoms with van der Waals surface area (Å²) in [5.74, 6) is 2.16. The molecule has 0 bridgehead atoms. The van der Waals surface area contributed by atoms with E-state index >= 15 is 0 Å². The van der Waals surface area contributed by atoms with E-state index in [4.69, 9.17) is 11.5 Å². The maximum atomic E-state index is 9.57. The van der Waals surface area contributed by atoms with Crippen LogP contribution in [0.5, 0.6) is 0 Å². The summed E-state index contributed by atoms with van der Waals surface area (Å²) in [5.41, 5.74) is 0.775. The number of aliphatic hydroxyl groups is 2. The Labute approximate surface area is 77.8 Å². The van der Waals surface area contributed by atoms with Gasteiger partial charge in [0.15, 0.2) is 0 Å². The Morgan fingerprint density at radius 2 is 1.85 bits per heavy atom. The van der Waals surface area contributed by atoms with Crippen molar-refractivity contribution < 1.29 is 10.2 Å². The molecule has 2 heteroatoms. The van der Waals surface area contributed by atoms with Crippen molar-refractivity contribution in [1.29, 1.82) is 0 Å². The van der Waals surface area contributed by atoms with Crippen molar-refractivity contribution in [3.63, 3.8) is 0 Å². The van der Waals surface area contributed by atoms with E-state index in [2.05, 4.69) is 5.92 Å². The van der Waals surface area contributed by atoms with Gasteiger partial charge < -0.3 is 10.2 Å². The molecule has 0 aromatic heterocycles. The summed E-state index contributed by atoms with van der Waals surface area (Å²) in [6.07, 6.45) is 3.60. The first-order valence-electron chi connectivity index (χ1n) is 4.11. The molecule has 0 aliphatic heterocycles. The highest BCUT2D eigenvalue weighted by atomic mass is 16.3. The zero-order valence-electron chi connectivity index (χ0n) is 7.22. The van der Waals surface area contributed by atoms with E-state index in [1.807, 2.05) is 18.2 Å². The predicted octanol–water partition coefficient (Wildman–Crippen LogP) is 1.10. The van der Waals surface area contributed by atoms with Crippen molar-refractivity contribution in [1.82, 2.24) is 0 Å². The van der Waals surface area contributed by atoms with Gasteiger partial charge in [-0.2, -0.15) is 0 Å². The first kappa shape index (κ1) is 9.79. The molecule has 1 aromatic carbocycles. The summed E-state index contributed by atoms with van der Waals surface area (Å²) in [6, 6.07) is 9.14. The van der Waals surface area contributed by atoms with Gasteiger partial charge in [-0.05, 0) is 5.56 Å². The van der Waals surface area contributed by atoms with Crippen molar-refractivity contribution in [3.8, 4) is 12.3 Å². The van der Waals surface area contributed by atoms with Crippen molar-refractivity contribution in [2.75, 3.05) is 0 Å². The molecule has 1 aromatic rings. The molecule has 0 saturated heterocycles. The number of terminal acetylenes is 1. The van der Waals surface area contributed by atoms with Crippen molar-refractivity contribution >= 4 is 0 Å². The lowest BCUT2D eigenvalue weighted by Crippen LogP contribution is -2.09. The van der Waals surface area contributed by atoms with E-state index in [1.165, 1.54) is 0 Å². The molecule has 0 unspecified atom stereocenters. The lowest BCUT2D eigenvalue weighted by molar-refractivity contribution is 0.109. The van der Waals surface area contributed by atoms with E-state index in [0.29, 0.717) is 0 Å². The van der Waals surface area contributed by atoms with Crippen LogP contribution in [0.15, 0.2) is 30.3 Å². The highest BCUT2D eigenvalue weighted by molar-refractivity contribution is 5.17. The van der Waals surface area contributed by atoms with Gasteiger partial charge in [0.1, 0.15) is 6.10 Å². The number of aliphatic hydroxyl groups excluding tert-OH is 2. The topological polar surface area (TPSA) is 40.5 Å². The van der Waals surface area contributed by atoms with Crippen molar-refractivity contribution in [2.24, 2.45) is 0 Å². The molecule has 0 fully saturated rings. The first-order valence-corrected chi connectivity index (χ1v) is 4.11. The fraction of sp³-hybridized carbons (Fsp3) is 0.273.